The van der Waals surface area contributed by atoms with Gasteiger partial charge in [-0.15, -0.1) is 5.10 Å². The van der Waals surface area contributed by atoms with Crippen LogP contribution in [0.2, 0.25) is 0 Å². The Kier molecular flexibility index (Phi) is 4.60. The summed E-state index contributed by atoms with van der Waals surface area (Å²) in [7, 11) is 0. The summed E-state index contributed by atoms with van der Waals surface area (Å²) in [6, 6.07) is 12.3. The fourth-order valence-corrected chi connectivity index (χ4v) is 2.20. The van der Waals surface area contributed by atoms with E-state index in [4.69, 9.17) is 0 Å². The molecule has 3 rings (SSSR count). The Morgan fingerprint density at radius 2 is 1.92 bits per heavy atom. The van der Waals surface area contributed by atoms with E-state index in [0.29, 0.717) is 6.54 Å². The molecular formula is C17H14F2N4O. The van der Waals surface area contributed by atoms with Crippen LogP contribution in [0, 0.1) is 11.6 Å². The van der Waals surface area contributed by atoms with Crippen LogP contribution in [0.25, 0.3) is 11.3 Å². The molecule has 0 saturated heterocycles. The Balaban J connectivity index is 1.58. The summed E-state index contributed by atoms with van der Waals surface area (Å²) < 4.78 is 28.2. The Hall–Kier alpha value is -3.09. The highest BCUT2D eigenvalue weighted by Crippen LogP contribution is 2.14. The van der Waals surface area contributed by atoms with E-state index in [1.807, 2.05) is 30.3 Å². The van der Waals surface area contributed by atoms with Crippen molar-refractivity contribution in [2.45, 2.75) is 6.54 Å². The second-order valence-corrected chi connectivity index (χ2v) is 5.11. The summed E-state index contributed by atoms with van der Waals surface area (Å²) in [6.07, 6.45) is 1.75. The van der Waals surface area contributed by atoms with Gasteiger partial charge in [0.15, 0.2) is 0 Å². The van der Waals surface area contributed by atoms with Crippen molar-refractivity contribution in [3.63, 3.8) is 0 Å². The monoisotopic (exact) mass is 328 g/mol. The van der Waals surface area contributed by atoms with E-state index in [2.05, 4.69) is 15.6 Å². The smallest absolute Gasteiger partial charge is 0.254 e. The lowest BCUT2D eigenvalue weighted by Crippen LogP contribution is -2.28. The minimum Gasteiger partial charge on any atom is -0.350 e. The molecule has 1 N–H and O–H groups in total. The van der Waals surface area contributed by atoms with Gasteiger partial charge in [0, 0.05) is 12.1 Å². The van der Waals surface area contributed by atoms with Crippen LogP contribution in [0.1, 0.15) is 10.4 Å². The number of halogens is 2. The van der Waals surface area contributed by atoms with Crippen LogP contribution < -0.4 is 5.32 Å². The molecule has 0 radical (unpaired) electrons. The van der Waals surface area contributed by atoms with Gasteiger partial charge >= 0.3 is 0 Å². The first-order chi connectivity index (χ1) is 11.6. The highest BCUT2D eigenvalue weighted by molar-refractivity contribution is 5.94. The number of nitrogens with one attached hydrogen (secondary N) is 1. The molecule has 1 aromatic heterocycles. The number of nitrogens with zero attached hydrogens (tertiary/aromatic N) is 3. The first-order valence-corrected chi connectivity index (χ1v) is 7.32. The molecule has 1 amide bonds. The fraction of sp³-hybridized carbons (Fsp3) is 0.118. The van der Waals surface area contributed by atoms with Crippen molar-refractivity contribution >= 4 is 5.91 Å². The summed E-state index contributed by atoms with van der Waals surface area (Å²) >= 11 is 0. The lowest BCUT2D eigenvalue weighted by Gasteiger charge is -2.06. The molecule has 1 heterocycles. The topological polar surface area (TPSA) is 59.8 Å². The molecule has 0 aliphatic heterocycles. The second kappa shape index (κ2) is 6.99. The zero-order valence-electron chi connectivity index (χ0n) is 12.6. The zero-order valence-corrected chi connectivity index (χ0v) is 12.6. The van der Waals surface area contributed by atoms with E-state index in [1.165, 1.54) is 0 Å². The first kappa shape index (κ1) is 15.8. The molecule has 122 valence electrons. The molecule has 0 spiro atoms. The van der Waals surface area contributed by atoms with E-state index in [-0.39, 0.29) is 12.1 Å². The molecule has 0 aliphatic rings. The van der Waals surface area contributed by atoms with Gasteiger partial charge in [-0.25, -0.2) is 8.78 Å². The van der Waals surface area contributed by atoms with Crippen molar-refractivity contribution in [1.82, 2.24) is 20.3 Å². The van der Waals surface area contributed by atoms with Crippen molar-refractivity contribution in [2.75, 3.05) is 6.54 Å². The summed E-state index contributed by atoms with van der Waals surface area (Å²) in [5.74, 6) is -2.10. The molecule has 24 heavy (non-hydrogen) atoms. The Labute approximate surface area is 136 Å². The molecule has 0 aliphatic carbocycles. The van der Waals surface area contributed by atoms with Crippen LogP contribution in [0.15, 0.2) is 54.7 Å². The third kappa shape index (κ3) is 3.62. The normalized spacial score (nSPS) is 10.6. The standard InChI is InChI=1S/C17H14F2N4O/c18-13-6-7-15(19)14(10-13)17(24)20-8-9-23-11-16(21-22-23)12-4-2-1-3-5-12/h1-7,10-11H,8-9H2,(H,20,24). The predicted molar refractivity (Wildman–Crippen MR) is 84.1 cm³/mol. The SMILES string of the molecule is O=C(NCCn1cc(-c2ccccc2)nn1)c1cc(F)ccc1F. The molecule has 0 atom stereocenters. The predicted octanol–water partition coefficient (Wildman–Crippen LogP) is 2.65. The number of carbonyl (C=O) groups excluding carboxylic acids is 1. The highest BCUT2D eigenvalue weighted by Gasteiger charge is 2.12. The average molecular weight is 328 g/mol. The molecule has 0 saturated carbocycles. The lowest BCUT2D eigenvalue weighted by molar-refractivity contribution is 0.0947. The van der Waals surface area contributed by atoms with Crippen LogP contribution in [0.4, 0.5) is 8.78 Å². The quantitative estimate of drug-likeness (QED) is 0.783. The fourth-order valence-electron chi connectivity index (χ4n) is 2.20. The Morgan fingerprint density at radius 1 is 1.12 bits per heavy atom. The third-order valence-electron chi connectivity index (χ3n) is 3.41. The maximum Gasteiger partial charge on any atom is 0.254 e. The summed E-state index contributed by atoms with van der Waals surface area (Å²) in [5.41, 5.74) is 1.34. The van der Waals surface area contributed by atoms with E-state index < -0.39 is 17.5 Å². The molecule has 0 bridgehead atoms. The van der Waals surface area contributed by atoms with Gasteiger partial charge in [-0.05, 0) is 18.2 Å². The number of hydrogen-bond acceptors (Lipinski definition) is 3. The lowest BCUT2D eigenvalue weighted by atomic mass is 10.2. The number of rotatable bonds is 5. The third-order valence-corrected chi connectivity index (χ3v) is 3.41. The van der Waals surface area contributed by atoms with Crippen LogP contribution in [-0.4, -0.2) is 27.4 Å². The van der Waals surface area contributed by atoms with Crippen molar-refractivity contribution < 1.29 is 13.6 Å². The van der Waals surface area contributed by atoms with Gasteiger partial charge in [0.25, 0.3) is 5.91 Å². The second-order valence-electron chi connectivity index (χ2n) is 5.11. The maximum absolute atomic E-state index is 13.5. The molecular weight excluding hydrogens is 314 g/mol. The maximum atomic E-state index is 13.5. The van der Waals surface area contributed by atoms with Crippen molar-refractivity contribution in [3.8, 4) is 11.3 Å². The minimum absolute atomic E-state index is 0.215. The van der Waals surface area contributed by atoms with E-state index in [9.17, 15) is 13.6 Å². The van der Waals surface area contributed by atoms with E-state index in [0.717, 1.165) is 29.5 Å². The first-order valence-electron chi connectivity index (χ1n) is 7.32. The van der Waals surface area contributed by atoms with Gasteiger partial charge in [-0.2, -0.15) is 0 Å². The molecule has 5 nitrogen and oxygen atoms in total. The van der Waals surface area contributed by atoms with E-state index in [1.54, 1.807) is 10.9 Å². The zero-order chi connectivity index (χ0) is 16.9. The summed E-state index contributed by atoms with van der Waals surface area (Å²) in [6.45, 7) is 0.578. The number of amides is 1. The Morgan fingerprint density at radius 3 is 2.71 bits per heavy atom. The van der Waals surface area contributed by atoms with Gasteiger partial charge in [0.05, 0.1) is 18.3 Å². The van der Waals surface area contributed by atoms with Gasteiger partial charge in [0.2, 0.25) is 0 Å². The number of benzene rings is 2. The van der Waals surface area contributed by atoms with Gasteiger partial charge < -0.3 is 5.32 Å². The van der Waals surface area contributed by atoms with Gasteiger partial charge in [0.1, 0.15) is 17.3 Å². The van der Waals surface area contributed by atoms with E-state index >= 15 is 0 Å². The number of hydrogen-bond donors (Lipinski definition) is 1. The van der Waals surface area contributed by atoms with Gasteiger partial charge in [-0.1, -0.05) is 35.5 Å². The van der Waals surface area contributed by atoms with Crippen molar-refractivity contribution in [3.05, 3.63) is 71.9 Å². The minimum atomic E-state index is -0.763. The van der Waals surface area contributed by atoms with Crippen LogP contribution in [0.3, 0.4) is 0 Å². The molecule has 2 aromatic carbocycles. The average Bonchev–Trinajstić information content (AvgIpc) is 3.06. The molecule has 0 unspecified atom stereocenters. The van der Waals surface area contributed by atoms with Gasteiger partial charge in [-0.3, -0.25) is 9.48 Å². The van der Waals surface area contributed by atoms with Crippen LogP contribution >= 0.6 is 0 Å². The van der Waals surface area contributed by atoms with Crippen molar-refractivity contribution in [2.24, 2.45) is 0 Å². The van der Waals surface area contributed by atoms with Crippen LogP contribution in [0.5, 0.6) is 0 Å². The molecule has 3 aromatic rings. The highest BCUT2D eigenvalue weighted by atomic mass is 19.1. The Bertz CT molecular complexity index is 849. The summed E-state index contributed by atoms with van der Waals surface area (Å²) in [4.78, 5) is 11.9. The largest absolute Gasteiger partial charge is 0.350 e. The van der Waals surface area contributed by atoms with Crippen LogP contribution in [-0.2, 0) is 6.54 Å². The van der Waals surface area contributed by atoms with Crippen molar-refractivity contribution in [1.29, 1.82) is 0 Å². The molecule has 7 heteroatoms. The molecule has 0 fully saturated rings. The number of aromatic nitrogens is 3. The number of carbonyl (C=O) groups is 1. The summed E-state index contributed by atoms with van der Waals surface area (Å²) in [5, 5.41) is 10.6.